The number of nitrogens with zero attached hydrogens (tertiary/aromatic N) is 1. The topological polar surface area (TPSA) is 81.4 Å². The van der Waals surface area contributed by atoms with Crippen LogP contribution < -0.4 is 5.32 Å². The highest BCUT2D eigenvalue weighted by atomic mass is 16.5. The number of hydrogen-bond acceptors (Lipinski definition) is 5. The Morgan fingerprint density at radius 1 is 1.10 bits per heavy atom. The second-order valence-corrected chi connectivity index (χ2v) is 7.25. The van der Waals surface area contributed by atoms with E-state index in [-0.39, 0.29) is 18.3 Å². The summed E-state index contributed by atoms with van der Waals surface area (Å²) in [6.07, 6.45) is 2.24. The Kier molecular flexibility index (Phi) is 7.01. The molecular formula is C24H26N2O4. The molecule has 1 aromatic heterocycles. The van der Waals surface area contributed by atoms with Gasteiger partial charge in [-0.3, -0.25) is 9.59 Å². The van der Waals surface area contributed by atoms with Crippen LogP contribution in [-0.4, -0.2) is 24.0 Å². The van der Waals surface area contributed by atoms with Crippen molar-refractivity contribution in [3.63, 3.8) is 0 Å². The Morgan fingerprint density at radius 2 is 1.80 bits per heavy atom. The molecule has 1 amide bonds. The molecule has 156 valence electrons. The lowest BCUT2D eigenvalue weighted by Gasteiger charge is -2.24. The lowest BCUT2D eigenvalue weighted by atomic mass is 9.94. The maximum Gasteiger partial charge on any atom is 0.310 e. The molecule has 6 heteroatoms. The van der Waals surface area contributed by atoms with E-state index >= 15 is 0 Å². The second kappa shape index (κ2) is 9.87. The van der Waals surface area contributed by atoms with E-state index < -0.39 is 12.0 Å². The largest absolute Gasteiger partial charge is 0.469 e. The summed E-state index contributed by atoms with van der Waals surface area (Å²) in [6, 6.07) is 16.9. The Hall–Kier alpha value is -3.41. The van der Waals surface area contributed by atoms with Crippen LogP contribution in [0.1, 0.15) is 36.4 Å². The van der Waals surface area contributed by atoms with Gasteiger partial charge in [-0.2, -0.15) is 0 Å². The molecule has 0 aliphatic carbocycles. The highest BCUT2D eigenvalue weighted by molar-refractivity contribution is 5.79. The van der Waals surface area contributed by atoms with Gasteiger partial charge in [-0.25, -0.2) is 4.98 Å². The molecule has 2 aromatic carbocycles. The zero-order valence-corrected chi connectivity index (χ0v) is 17.4. The Bertz CT molecular complexity index is 980. The van der Waals surface area contributed by atoms with E-state index in [0.717, 1.165) is 11.1 Å². The molecular weight excluding hydrogens is 380 g/mol. The number of esters is 1. The van der Waals surface area contributed by atoms with E-state index in [9.17, 15) is 9.59 Å². The number of aromatic nitrogens is 1. The number of amides is 1. The number of nitrogens with one attached hydrogen (secondary N) is 1. The Morgan fingerprint density at radius 3 is 2.47 bits per heavy atom. The summed E-state index contributed by atoms with van der Waals surface area (Å²) < 4.78 is 10.6. The predicted octanol–water partition coefficient (Wildman–Crippen LogP) is 4.25. The van der Waals surface area contributed by atoms with Crippen molar-refractivity contribution in [2.45, 2.75) is 32.7 Å². The average molecular weight is 406 g/mol. The van der Waals surface area contributed by atoms with Gasteiger partial charge < -0.3 is 14.5 Å². The van der Waals surface area contributed by atoms with Crippen molar-refractivity contribution in [3.05, 3.63) is 77.8 Å². The first-order chi connectivity index (χ1) is 14.5. The van der Waals surface area contributed by atoms with Gasteiger partial charge >= 0.3 is 5.97 Å². The lowest BCUT2D eigenvalue weighted by Crippen LogP contribution is -2.36. The number of aryl methyl sites for hydroxylation is 2. The van der Waals surface area contributed by atoms with Gasteiger partial charge in [-0.05, 0) is 19.4 Å². The van der Waals surface area contributed by atoms with E-state index in [2.05, 4.69) is 10.3 Å². The minimum absolute atomic E-state index is 0.185. The summed E-state index contributed by atoms with van der Waals surface area (Å²) in [4.78, 5) is 28.9. The fourth-order valence-electron chi connectivity index (χ4n) is 3.22. The number of carbonyl (C=O) groups is 2. The van der Waals surface area contributed by atoms with Crippen molar-refractivity contribution in [3.8, 4) is 11.3 Å². The van der Waals surface area contributed by atoms with Gasteiger partial charge in [0.05, 0.1) is 25.3 Å². The fourth-order valence-corrected chi connectivity index (χ4v) is 3.22. The Labute approximate surface area is 176 Å². The van der Waals surface area contributed by atoms with Gasteiger partial charge in [-0.15, -0.1) is 0 Å². The normalized spacial score (nSPS) is 12.8. The summed E-state index contributed by atoms with van der Waals surface area (Å²) >= 11 is 0. The van der Waals surface area contributed by atoms with E-state index in [4.69, 9.17) is 9.15 Å². The van der Waals surface area contributed by atoms with Crippen molar-refractivity contribution < 1.29 is 18.7 Å². The first kappa shape index (κ1) is 21.3. The van der Waals surface area contributed by atoms with E-state index in [1.807, 2.05) is 61.5 Å². The highest BCUT2D eigenvalue weighted by Crippen LogP contribution is 2.24. The van der Waals surface area contributed by atoms with Crippen molar-refractivity contribution in [2.24, 2.45) is 5.92 Å². The lowest BCUT2D eigenvalue weighted by molar-refractivity contribution is -0.146. The maximum atomic E-state index is 12.6. The number of carbonyl (C=O) groups excluding carboxylic acids is 2. The fraction of sp³-hybridized carbons (Fsp3) is 0.292. The molecule has 0 saturated heterocycles. The number of oxazole rings is 1. The maximum absolute atomic E-state index is 12.6. The second-order valence-electron chi connectivity index (χ2n) is 7.25. The molecule has 2 atom stereocenters. The van der Waals surface area contributed by atoms with Gasteiger partial charge in [0.15, 0.2) is 11.7 Å². The average Bonchev–Trinajstić information content (AvgIpc) is 3.25. The summed E-state index contributed by atoms with van der Waals surface area (Å²) in [6.45, 7) is 3.77. The first-order valence-electron chi connectivity index (χ1n) is 9.92. The third kappa shape index (κ3) is 5.35. The van der Waals surface area contributed by atoms with Crippen LogP contribution in [0.2, 0.25) is 0 Å². The van der Waals surface area contributed by atoms with Crippen LogP contribution in [0, 0.1) is 12.8 Å². The number of rotatable bonds is 8. The molecule has 0 aliphatic heterocycles. The third-order valence-corrected chi connectivity index (χ3v) is 5.00. The molecule has 1 N–H and O–H groups in total. The van der Waals surface area contributed by atoms with E-state index in [1.54, 1.807) is 13.1 Å². The monoisotopic (exact) mass is 406 g/mol. The van der Waals surface area contributed by atoms with Crippen LogP contribution >= 0.6 is 0 Å². The minimum Gasteiger partial charge on any atom is -0.469 e. The number of ether oxygens (including phenoxy) is 1. The molecule has 0 radical (unpaired) electrons. The predicted molar refractivity (Wildman–Crippen MR) is 114 cm³/mol. The molecule has 0 bridgehead atoms. The highest BCUT2D eigenvalue weighted by Gasteiger charge is 2.27. The molecule has 3 rings (SSSR count). The molecule has 6 nitrogen and oxygen atoms in total. The van der Waals surface area contributed by atoms with Gasteiger partial charge in [0.1, 0.15) is 0 Å². The van der Waals surface area contributed by atoms with Gasteiger partial charge in [0.2, 0.25) is 5.91 Å². The minimum atomic E-state index is -0.517. The van der Waals surface area contributed by atoms with Crippen LogP contribution in [-0.2, 0) is 20.7 Å². The Balaban J connectivity index is 1.63. The smallest absolute Gasteiger partial charge is 0.310 e. The van der Waals surface area contributed by atoms with Gasteiger partial charge in [0, 0.05) is 18.4 Å². The van der Waals surface area contributed by atoms with Crippen LogP contribution in [0.5, 0.6) is 0 Å². The number of benzene rings is 2. The molecule has 1 heterocycles. The summed E-state index contributed by atoms with van der Waals surface area (Å²) in [5, 5.41) is 2.95. The molecule has 0 saturated carbocycles. The molecule has 30 heavy (non-hydrogen) atoms. The third-order valence-electron chi connectivity index (χ3n) is 5.00. The van der Waals surface area contributed by atoms with E-state index in [0.29, 0.717) is 18.1 Å². The van der Waals surface area contributed by atoms with Crippen LogP contribution in [0.15, 0.2) is 65.2 Å². The van der Waals surface area contributed by atoms with Crippen LogP contribution in [0.25, 0.3) is 11.3 Å². The quantitative estimate of drug-likeness (QED) is 0.566. The standard InChI is InChI=1S/C24H26N2O4/c1-16-9-11-18(12-10-16)20-15-25-22(30-20)14-13-21(27)26-23(17(2)24(28)29-3)19-7-5-4-6-8-19/h4-12,15,17,23H,13-14H2,1-3H3,(H,26,27)/t17-,23-/m0/s1. The number of hydrogen-bond donors (Lipinski definition) is 1. The first-order valence-corrected chi connectivity index (χ1v) is 9.92. The van der Waals surface area contributed by atoms with Crippen molar-refractivity contribution in [1.29, 1.82) is 0 Å². The number of methoxy groups -OCH3 is 1. The van der Waals surface area contributed by atoms with Crippen molar-refractivity contribution in [1.82, 2.24) is 10.3 Å². The van der Waals surface area contributed by atoms with Crippen molar-refractivity contribution >= 4 is 11.9 Å². The van der Waals surface area contributed by atoms with E-state index in [1.165, 1.54) is 12.7 Å². The van der Waals surface area contributed by atoms with Crippen molar-refractivity contribution in [2.75, 3.05) is 7.11 Å². The summed E-state index contributed by atoms with van der Waals surface area (Å²) in [5.74, 6) is 0.0930. The van der Waals surface area contributed by atoms with Crippen LogP contribution in [0.4, 0.5) is 0 Å². The molecule has 0 fully saturated rings. The summed E-state index contributed by atoms with van der Waals surface area (Å²) in [7, 11) is 1.34. The molecule has 3 aromatic rings. The molecule has 0 unspecified atom stereocenters. The zero-order valence-electron chi connectivity index (χ0n) is 17.4. The van der Waals surface area contributed by atoms with Gasteiger partial charge in [0.25, 0.3) is 0 Å². The molecule has 0 spiro atoms. The van der Waals surface area contributed by atoms with Crippen LogP contribution in [0.3, 0.4) is 0 Å². The van der Waals surface area contributed by atoms with Gasteiger partial charge in [-0.1, -0.05) is 60.2 Å². The summed E-state index contributed by atoms with van der Waals surface area (Å²) in [5.41, 5.74) is 2.96. The SMILES string of the molecule is COC(=O)[C@@H](C)[C@H](NC(=O)CCc1ncc(-c2ccc(C)cc2)o1)c1ccccc1. The zero-order chi connectivity index (χ0) is 21.5. The molecule has 0 aliphatic rings.